The van der Waals surface area contributed by atoms with Gasteiger partial charge in [0.1, 0.15) is 5.25 Å². The first-order valence-electron chi connectivity index (χ1n) is 13.1. The van der Waals surface area contributed by atoms with Gasteiger partial charge in [-0.2, -0.15) is 0 Å². The number of rotatable bonds is 9. The molecule has 10 heteroatoms. The van der Waals surface area contributed by atoms with Crippen molar-refractivity contribution >= 4 is 73.8 Å². The molecule has 0 aliphatic carbocycles. The van der Waals surface area contributed by atoms with Crippen LogP contribution in [0.25, 0.3) is 21.3 Å². The summed E-state index contributed by atoms with van der Waals surface area (Å²) in [5, 5.41) is 20.5. The van der Waals surface area contributed by atoms with Gasteiger partial charge in [-0.15, -0.1) is 34.4 Å². The molecule has 43 heavy (non-hydrogen) atoms. The Morgan fingerprint density at radius 2 is 1.51 bits per heavy atom. The molecule has 0 fully saturated rings. The fraction of sp³-hybridized carbons (Fsp3) is 0.0303. The smallest absolute Gasteiger partial charge is 0.336 e. The predicted molar refractivity (Wildman–Crippen MR) is 174 cm³/mol. The van der Waals surface area contributed by atoms with Crippen molar-refractivity contribution in [3.63, 3.8) is 0 Å². The summed E-state index contributed by atoms with van der Waals surface area (Å²) in [6, 6.07) is 30.8. The number of aromatic nitrogens is 1. The molecular formula is C33H23N3O4S3. The van der Waals surface area contributed by atoms with E-state index >= 15 is 0 Å². The van der Waals surface area contributed by atoms with Crippen LogP contribution in [0.2, 0.25) is 0 Å². The Labute approximate surface area is 259 Å². The number of amides is 2. The molecule has 6 rings (SSSR count). The molecule has 1 atom stereocenters. The van der Waals surface area contributed by atoms with Gasteiger partial charge in [-0.3, -0.25) is 9.59 Å². The van der Waals surface area contributed by atoms with E-state index in [0.29, 0.717) is 21.6 Å². The third-order valence-electron chi connectivity index (χ3n) is 6.59. The molecule has 2 amide bonds. The van der Waals surface area contributed by atoms with Crippen LogP contribution in [0, 0.1) is 0 Å². The number of aromatic carboxylic acids is 1. The van der Waals surface area contributed by atoms with Crippen LogP contribution in [0.4, 0.5) is 10.8 Å². The number of fused-ring (bicyclic) bond motifs is 1. The lowest BCUT2D eigenvalue weighted by Crippen LogP contribution is -2.19. The highest BCUT2D eigenvalue weighted by molar-refractivity contribution is 8.00. The molecule has 0 bridgehead atoms. The lowest BCUT2D eigenvalue weighted by molar-refractivity contribution is -0.115. The van der Waals surface area contributed by atoms with E-state index in [0.717, 1.165) is 21.0 Å². The fourth-order valence-corrected chi connectivity index (χ4v) is 7.10. The zero-order valence-electron chi connectivity index (χ0n) is 22.4. The second-order valence-electron chi connectivity index (χ2n) is 9.41. The maximum Gasteiger partial charge on any atom is 0.336 e. The van der Waals surface area contributed by atoms with Crippen molar-refractivity contribution in [2.24, 2.45) is 0 Å². The molecular weight excluding hydrogens is 599 g/mol. The first-order valence-corrected chi connectivity index (χ1v) is 15.8. The largest absolute Gasteiger partial charge is 0.478 e. The summed E-state index contributed by atoms with van der Waals surface area (Å²) in [6.07, 6.45) is 0. The minimum Gasteiger partial charge on any atom is -0.478 e. The zero-order valence-corrected chi connectivity index (χ0v) is 24.8. The minimum atomic E-state index is -1.10. The molecule has 0 aliphatic rings. The Kier molecular flexibility index (Phi) is 8.32. The van der Waals surface area contributed by atoms with Gasteiger partial charge in [-0.1, -0.05) is 60.7 Å². The number of anilines is 2. The summed E-state index contributed by atoms with van der Waals surface area (Å²) in [6.45, 7) is 0. The van der Waals surface area contributed by atoms with Crippen molar-refractivity contribution < 1.29 is 19.5 Å². The summed E-state index contributed by atoms with van der Waals surface area (Å²) in [7, 11) is 0. The monoisotopic (exact) mass is 621 g/mol. The number of thiophene rings is 1. The number of benzene rings is 4. The number of nitrogens with zero attached hydrogens (tertiary/aromatic N) is 1. The van der Waals surface area contributed by atoms with Crippen molar-refractivity contribution in [3.8, 4) is 10.6 Å². The molecule has 6 aromatic rings. The van der Waals surface area contributed by atoms with E-state index in [4.69, 9.17) is 0 Å². The average molecular weight is 622 g/mol. The molecule has 0 aliphatic heterocycles. The number of carboxylic acid groups (broad SMARTS) is 1. The topological polar surface area (TPSA) is 108 Å². The van der Waals surface area contributed by atoms with Crippen LogP contribution < -0.4 is 10.6 Å². The van der Waals surface area contributed by atoms with Crippen LogP contribution in [0.1, 0.15) is 31.5 Å². The Hall–Kier alpha value is -4.77. The predicted octanol–water partition coefficient (Wildman–Crippen LogP) is 8.45. The van der Waals surface area contributed by atoms with Crippen molar-refractivity contribution in [1.82, 2.24) is 4.98 Å². The number of thioether (sulfide) groups is 1. The summed E-state index contributed by atoms with van der Waals surface area (Å²) in [5.41, 5.74) is 2.57. The van der Waals surface area contributed by atoms with Crippen molar-refractivity contribution in [3.05, 3.63) is 131 Å². The Bertz CT molecular complexity index is 1920. The van der Waals surface area contributed by atoms with Gasteiger partial charge < -0.3 is 15.7 Å². The summed E-state index contributed by atoms with van der Waals surface area (Å²) in [5.74, 6) is -1.69. The minimum absolute atomic E-state index is 0.0701. The van der Waals surface area contributed by atoms with E-state index in [1.54, 1.807) is 53.8 Å². The second-order valence-corrected chi connectivity index (χ2v) is 12.4. The number of carbonyl (C=O) groups excluding carboxylic acids is 2. The van der Waals surface area contributed by atoms with Crippen LogP contribution in [-0.4, -0.2) is 27.9 Å². The van der Waals surface area contributed by atoms with Gasteiger partial charge in [0.2, 0.25) is 5.91 Å². The standard InChI is InChI=1S/C33H23N3O4S3/c37-30(24-11-4-9-20-10-5-12-25(28(20)24)32(39)40)34-22-14-16-23(17-15-22)43-29(21-7-2-1-3-8-21)31(38)36-33-35-26(19-42-33)27-13-6-18-41-27/h1-19,29H,(H,34,37)(H,39,40)(H,35,36,38). The van der Waals surface area contributed by atoms with Gasteiger partial charge in [-0.05, 0) is 58.8 Å². The fourth-order valence-electron chi connectivity index (χ4n) is 4.60. The highest BCUT2D eigenvalue weighted by Gasteiger charge is 2.24. The third-order valence-corrected chi connectivity index (χ3v) is 9.51. The van der Waals surface area contributed by atoms with Gasteiger partial charge in [0.05, 0.1) is 16.1 Å². The molecule has 0 saturated carbocycles. The Balaban J connectivity index is 1.19. The number of hydrogen-bond donors (Lipinski definition) is 3. The van der Waals surface area contributed by atoms with E-state index in [9.17, 15) is 19.5 Å². The van der Waals surface area contributed by atoms with Gasteiger partial charge in [0, 0.05) is 26.9 Å². The number of carboxylic acids is 1. The van der Waals surface area contributed by atoms with Gasteiger partial charge in [0.25, 0.3) is 5.91 Å². The maximum atomic E-state index is 13.5. The maximum absolute atomic E-state index is 13.5. The van der Waals surface area contributed by atoms with Crippen LogP contribution in [0.5, 0.6) is 0 Å². The number of hydrogen-bond acceptors (Lipinski definition) is 7. The molecule has 0 spiro atoms. The first kappa shape index (κ1) is 28.4. The van der Waals surface area contributed by atoms with Gasteiger partial charge in [0.15, 0.2) is 5.13 Å². The van der Waals surface area contributed by atoms with Crippen molar-refractivity contribution in [1.29, 1.82) is 0 Å². The second kappa shape index (κ2) is 12.6. The average Bonchev–Trinajstić information content (AvgIpc) is 3.73. The quantitative estimate of drug-likeness (QED) is 0.140. The lowest BCUT2D eigenvalue weighted by atomic mass is 9.98. The van der Waals surface area contributed by atoms with Crippen LogP contribution in [0.15, 0.2) is 119 Å². The SMILES string of the molecule is O=C(O)c1cccc2cccc(C(=O)Nc3ccc(SC(C(=O)Nc4nc(-c5cccs5)cs4)c4ccccc4)cc3)c12. The van der Waals surface area contributed by atoms with Crippen LogP contribution in [-0.2, 0) is 4.79 Å². The van der Waals surface area contributed by atoms with Crippen LogP contribution >= 0.6 is 34.4 Å². The van der Waals surface area contributed by atoms with Crippen molar-refractivity contribution in [2.45, 2.75) is 10.1 Å². The van der Waals surface area contributed by atoms with E-state index in [2.05, 4.69) is 15.6 Å². The Morgan fingerprint density at radius 3 is 2.21 bits per heavy atom. The zero-order chi connectivity index (χ0) is 29.8. The molecule has 1 unspecified atom stereocenters. The Morgan fingerprint density at radius 1 is 0.767 bits per heavy atom. The van der Waals surface area contributed by atoms with Crippen molar-refractivity contribution in [2.75, 3.05) is 10.6 Å². The molecule has 0 saturated heterocycles. The molecule has 2 heterocycles. The lowest BCUT2D eigenvalue weighted by Gasteiger charge is -2.16. The molecule has 7 nitrogen and oxygen atoms in total. The van der Waals surface area contributed by atoms with E-state index in [-0.39, 0.29) is 17.0 Å². The number of thiazole rings is 1. The molecule has 0 radical (unpaired) electrons. The van der Waals surface area contributed by atoms with Crippen LogP contribution in [0.3, 0.4) is 0 Å². The molecule has 3 N–H and O–H groups in total. The molecule has 212 valence electrons. The summed E-state index contributed by atoms with van der Waals surface area (Å²) in [4.78, 5) is 45.0. The first-order chi connectivity index (χ1) is 21.0. The summed E-state index contributed by atoms with van der Waals surface area (Å²) < 4.78 is 0. The normalized spacial score (nSPS) is 11.6. The molecule has 4 aromatic carbocycles. The van der Waals surface area contributed by atoms with E-state index in [1.807, 2.05) is 65.4 Å². The van der Waals surface area contributed by atoms with Gasteiger partial charge in [-0.25, -0.2) is 9.78 Å². The molecule has 2 aromatic heterocycles. The van der Waals surface area contributed by atoms with E-state index < -0.39 is 17.1 Å². The summed E-state index contributed by atoms with van der Waals surface area (Å²) >= 11 is 4.38. The highest BCUT2D eigenvalue weighted by atomic mass is 32.2. The van der Waals surface area contributed by atoms with E-state index in [1.165, 1.54) is 29.2 Å². The highest BCUT2D eigenvalue weighted by Crippen LogP contribution is 2.37. The number of nitrogens with one attached hydrogen (secondary N) is 2. The number of carbonyl (C=O) groups is 3. The van der Waals surface area contributed by atoms with Gasteiger partial charge >= 0.3 is 5.97 Å². The third kappa shape index (κ3) is 6.36.